The Morgan fingerprint density at radius 1 is 1.30 bits per heavy atom. The summed E-state index contributed by atoms with van der Waals surface area (Å²) in [4.78, 5) is 16.0. The zero-order chi connectivity index (χ0) is 14.0. The van der Waals surface area contributed by atoms with Gasteiger partial charge in [0.2, 0.25) is 11.9 Å². The number of nitrogens with zero attached hydrogens (tertiary/aromatic N) is 6. The molecule has 1 saturated carbocycles. The minimum absolute atomic E-state index is 0.0893. The van der Waals surface area contributed by atoms with Crippen molar-refractivity contribution >= 4 is 11.9 Å². The van der Waals surface area contributed by atoms with E-state index in [1.54, 1.807) is 0 Å². The SMILES string of the molecule is Nc1nc(NCC2(O)CCCC2)nc(-n2cncn2)n1. The maximum absolute atomic E-state index is 10.3. The second-order valence-corrected chi connectivity index (χ2v) is 4.94. The third kappa shape index (κ3) is 2.67. The topological polar surface area (TPSA) is 128 Å². The molecule has 0 atom stereocenters. The lowest BCUT2D eigenvalue weighted by molar-refractivity contribution is 0.0613. The van der Waals surface area contributed by atoms with Gasteiger partial charge in [0.1, 0.15) is 12.7 Å². The summed E-state index contributed by atoms with van der Waals surface area (Å²) < 4.78 is 1.40. The molecule has 0 bridgehead atoms. The monoisotopic (exact) mass is 276 g/mol. The van der Waals surface area contributed by atoms with E-state index in [4.69, 9.17) is 5.73 Å². The van der Waals surface area contributed by atoms with Crippen LogP contribution in [0.4, 0.5) is 11.9 Å². The Hall–Kier alpha value is -2.29. The molecule has 0 unspecified atom stereocenters. The highest BCUT2D eigenvalue weighted by molar-refractivity contribution is 5.35. The molecule has 4 N–H and O–H groups in total. The second kappa shape index (κ2) is 5.00. The zero-order valence-corrected chi connectivity index (χ0v) is 10.9. The van der Waals surface area contributed by atoms with Crippen LogP contribution in [0, 0.1) is 0 Å². The summed E-state index contributed by atoms with van der Waals surface area (Å²) in [6, 6.07) is 0. The number of anilines is 2. The smallest absolute Gasteiger partial charge is 0.258 e. The van der Waals surface area contributed by atoms with Gasteiger partial charge in [-0.05, 0) is 12.8 Å². The van der Waals surface area contributed by atoms with Crippen molar-refractivity contribution in [2.75, 3.05) is 17.6 Å². The fraction of sp³-hybridized carbons (Fsp3) is 0.545. The van der Waals surface area contributed by atoms with Crippen LogP contribution in [0.15, 0.2) is 12.7 Å². The molecule has 0 radical (unpaired) electrons. The van der Waals surface area contributed by atoms with E-state index in [1.807, 2.05) is 0 Å². The molecule has 3 rings (SSSR count). The van der Waals surface area contributed by atoms with Gasteiger partial charge < -0.3 is 16.2 Å². The van der Waals surface area contributed by atoms with Crippen LogP contribution < -0.4 is 11.1 Å². The molecule has 20 heavy (non-hydrogen) atoms. The average Bonchev–Trinajstić information content (AvgIpc) is 3.08. The Balaban J connectivity index is 1.76. The number of aromatic nitrogens is 6. The number of rotatable bonds is 4. The van der Waals surface area contributed by atoms with E-state index in [9.17, 15) is 5.11 Å². The van der Waals surface area contributed by atoms with Gasteiger partial charge in [0.05, 0.1) is 5.60 Å². The van der Waals surface area contributed by atoms with Crippen molar-refractivity contribution in [3.63, 3.8) is 0 Å². The second-order valence-electron chi connectivity index (χ2n) is 4.94. The van der Waals surface area contributed by atoms with Gasteiger partial charge in [0.15, 0.2) is 0 Å². The van der Waals surface area contributed by atoms with Crippen molar-refractivity contribution < 1.29 is 5.11 Å². The fourth-order valence-corrected chi connectivity index (χ4v) is 2.33. The van der Waals surface area contributed by atoms with E-state index in [0.717, 1.165) is 25.7 Å². The van der Waals surface area contributed by atoms with E-state index in [1.165, 1.54) is 17.3 Å². The summed E-state index contributed by atoms with van der Waals surface area (Å²) in [7, 11) is 0. The minimum Gasteiger partial charge on any atom is -0.388 e. The lowest BCUT2D eigenvalue weighted by Crippen LogP contribution is -2.34. The summed E-state index contributed by atoms with van der Waals surface area (Å²) in [6.45, 7) is 0.396. The molecule has 0 amide bonds. The lowest BCUT2D eigenvalue weighted by Gasteiger charge is -2.22. The van der Waals surface area contributed by atoms with Gasteiger partial charge in [0.25, 0.3) is 5.95 Å². The van der Waals surface area contributed by atoms with Crippen molar-refractivity contribution in [3.8, 4) is 5.95 Å². The molecule has 1 aliphatic carbocycles. The first-order valence-corrected chi connectivity index (χ1v) is 6.47. The largest absolute Gasteiger partial charge is 0.388 e. The summed E-state index contributed by atoms with van der Waals surface area (Å²) >= 11 is 0. The van der Waals surface area contributed by atoms with Crippen molar-refractivity contribution in [2.24, 2.45) is 0 Å². The fourth-order valence-electron chi connectivity index (χ4n) is 2.33. The zero-order valence-electron chi connectivity index (χ0n) is 10.9. The summed E-state index contributed by atoms with van der Waals surface area (Å²) in [5.41, 5.74) is 4.97. The Kier molecular flexibility index (Phi) is 3.18. The molecule has 1 fully saturated rings. The number of nitrogens with two attached hydrogens (primary N) is 1. The van der Waals surface area contributed by atoms with E-state index in [2.05, 4.69) is 30.4 Å². The van der Waals surface area contributed by atoms with Gasteiger partial charge >= 0.3 is 0 Å². The predicted octanol–water partition coefficient (Wildman–Crippen LogP) is -0.249. The standard InChI is InChI=1S/C11H16N8O/c12-8-16-9(14-5-11(20)3-1-2-4-11)18-10(17-8)19-7-13-6-15-19/h6-7,20H,1-5H2,(H3,12,14,16,17,18). The molecule has 2 aromatic heterocycles. The van der Waals surface area contributed by atoms with Crippen LogP contribution in [0.25, 0.3) is 5.95 Å². The molecule has 0 spiro atoms. The molecular formula is C11H16N8O. The lowest BCUT2D eigenvalue weighted by atomic mass is 10.0. The Bertz CT molecular complexity index is 578. The van der Waals surface area contributed by atoms with Crippen LogP contribution >= 0.6 is 0 Å². The van der Waals surface area contributed by atoms with Gasteiger partial charge in [-0.1, -0.05) is 12.8 Å². The molecule has 0 aliphatic heterocycles. The van der Waals surface area contributed by atoms with Crippen LogP contribution in [0.2, 0.25) is 0 Å². The van der Waals surface area contributed by atoms with Gasteiger partial charge in [-0.2, -0.15) is 24.7 Å². The van der Waals surface area contributed by atoms with Crippen LogP contribution in [0.1, 0.15) is 25.7 Å². The van der Waals surface area contributed by atoms with Crippen molar-refractivity contribution in [1.29, 1.82) is 0 Å². The number of nitrogens with one attached hydrogen (secondary N) is 1. The van der Waals surface area contributed by atoms with E-state index >= 15 is 0 Å². The molecule has 0 aromatic carbocycles. The third-order valence-electron chi connectivity index (χ3n) is 3.37. The van der Waals surface area contributed by atoms with E-state index in [-0.39, 0.29) is 11.9 Å². The van der Waals surface area contributed by atoms with Crippen molar-refractivity contribution in [3.05, 3.63) is 12.7 Å². The van der Waals surface area contributed by atoms with Crippen LogP contribution in [-0.2, 0) is 0 Å². The Morgan fingerprint density at radius 3 is 2.80 bits per heavy atom. The molecular weight excluding hydrogens is 260 g/mol. The Morgan fingerprint density at radius 2 is 2.10 bits per heavy atom. The molecule has 2 heterocycles. The van der Waals surface area contributed by atoms with Crippen molar-refractivity contribution in [2.45, 2.75) is 31.3 Å². The maximum Gasteiger partial charge on any atom is 0.258 e. The van der Waals surface area contributed by atoms with Gasteiger partial charge in [-0.15, -0.1) is 0 Å². The number of nitrogen functional groups attached to an aromatic ring is 1. The molecule has 9 heteroatoms. The van der Waals surface area contributed by atoms with Gasteiger partial charge in [-0.25, -0.2) is 4.98 Å². The Labute approximate surface area is 115 Å². The highest BCUT2D eigenvalue weighted by atomic mass is 16.3. The maximum atomic E-state index is 10.3. The number of hydrogen-bond acceptors (Lipinski definition) is 8. The summed E-state index contributed by atoms with van der Waals surface area (Å²) in [5.74, 6) is 0.700. The van der Waals surface area contributed by atoms with Gasteiger partial charge in [-0.3, -0.25) is 0 Å². The average molecular weight is 276 g/mol. The number of aliphatic hydroxyl groups is 1. The highest BCUT2D eigenvalue weighted by Crippen LogP contribution is 2.29. The summed E-state index contributed by atoms with van der Waals surface area (Å²) in [5, 5.41) is 17.2. The van der Waals surface area contributed by atoms with Crippen LogP contribution in [0.3, 0.4) is 0 Å². The molecule has 2 aromatic rings. The van der Waals surface area contributed by atoms with E-state index in [0.29, 0.717) is 12.5 Å². The van der Waals surface area contributed by atoms with Gasteiger partial charge in [0, 0.05) is 6.54 Å². The van der Waals surface area contributed by atoms with Crippen LogP contribution in [0.5, 0.6) is 0 Å². The normalized spacial score (nSPS) is 17.2. The first-order valence-electron chi connectivity index (χ1n) is 6.47. The van der Waals surface area contributed by atoms with Crippen molar-refractivity contribution in [1.82, 2.24) is 29.7 Å². The third-order valence-corrected chi connectivity index (χ3v) is 3.37. The molecule has 106 valence electrons. The summed E-state index contributed by atoms with van der Waals surface area (Å²) in [6.07, 6.45) is 6.52. The first kappa shape index (κ1) is 12.7. The quantitative estimate of drug-likeness (QED) is 0.697. The molecule has 0 saturated heterocycles. The van der Waals surface area contributed by atoms with Crippen LogP contribution in [-0.4, -0.2) is 47.0 Å². The minimum atomic E-state index is -0.686. The highest BCUT2D eigenvalue weighted by Gasteiger charge is 2.31. The first-order chi connectivity index (χ1) is 9.65. The predicted molar refractivity (Wildman–Crippen MR) is 71.1 cm³/mol. The number of hydrogen-bond donors (Lipinski definition) is 3. The van der Waals surface area contributed by atoms with E-state index < -0.39 is 5.60 Å². The molecule has 1 aliphatic rings. The molecule has 9 nitrogen and oxygen atoms in total.